The molecule has 0 amide bonds. The Morgan fingerprint density at radius 3 is 2.29 bits per heavy atom. The Morgan fingerprint density at radius 1 is 0.935 bits per heavy atom. The van der Waals surface area contributed by atoms with E-state index in [2.05, 4.69) is 59.0 Å². The minimum absolute atomic E-state index is 0.349. The number of anilines is 1. The highest BCUT2D eigenvalue weighted by atomic mass is 16.5. The highest BCUT2D eigenvalue weighted by molar-refractivity contribution is 5.56. The van der Waals surface area contributed by atoms with Crippen LogP contribution in [-0.2, 0) is 5.54 Å². The molecule has 1 fully saturated rings. The zero-order valence-electron chi connectivity index (χ0n) is 18.8. The summed E-state index contributed by atoms with van der Waals surface area (Å²) < 4.78 is 12.8. The van der Waals surface area contributed by atoms with Crippen molar-refractivity contribution in [3.63, 3.8) is 0 Å². The van der Waals surface area contributed by atoms with Crippen LogP contribution in [0.4, 0.5) is 5.69 Å². The zero-order valence-corrected chi connectivity index (χ0v) is 18.8. The molecule has 1 heterocycles. The molecule has 1 saturated carbocycles. The molecule has 1 aromatic heterocycles. The van der Waals surface area contributed by atoms with Crippen molar-refractivity contribution >= 4 is 5.69 Å². The van der Waals surface area contributed by atoms with Gasteiger partial charge in [0.05, 0.1) is 25.4 Å². The van der Waals surface area contributed by atoms with E-state index in [0.717, 1.165) is 42.9 Å². The number of nitrogens with zero attached hydrogens (tertiary/aromatic N) is 4. The molecule has 0 radical (unpaired) electrons. The summed E-state index contributed by atoms with van der Waals surface area (Å²) in [4.78, 5) is 0. The number of hydrogen-bond donors (Lipinski definition) is 1. The van der Waals surface area contributed by atoms with Gasteiger partial charge in [0.25, 0.3) is 0 Å². The van der Waals surface area contributed by atoms with Crippen LogP contribution >= 0.6 is 0 Å². The lowest BCUT2D eigenvalue weighted by atomic mass is 9.80. The van der Waals surface area contributed by atoms with Crippen molar-refractivity contribution < 1.29 is 9.47 Å². The summed E-state index contributed by atoms with van der Waals surface area (Å²) in [5, 5.41) is 16.7. The van der Waals surface area contributed by atoms with E-state index in [1.165, 1.54) is 12.0 Å². The molecule has 2 aromatic carbocycles. The summed E-state index contributed by atoms with van der Waals surface area (Å²) in [6.45, 7) is 4.39. The van der Waals surface area contributed by atoms with Crippen LogP contribution in [0.15, 0.2) is 42.5 Å². The lowest BCUT2D eigenvalue weighted by Gasteiger charge is -2.37. The summed E-state index contributed by atoms with van der Waals surface area (Å²) in [5.74, 6) is 2.74. The molecule has 0 spiro atoms. The van der Waals surface area contributed by atoms with Crippen LogP contribution in [0.1, 0.15) is 63.3 Å². The molecule has 3 aromatic rings. The van der Waals surface area contributed by atoms with Crippen molar-refractivity contribution in [2.75, 3.05) is 19.5 Å². The van der Waals surface area contributed by atoms with Crippen molar-refractivity contribution in [1.82, 2.24) is 20.2 Å². The summed E-state index contributed by atoms with van der Waals surface area (Å²) in [6, 6.07) is 14.4. The Morgan fingerprint density at radius 2 is 1.65 bits per heavy atom. The van der Waals surface area contributed by atoms with Crippen LogP contribution in [0.25, 0.3) is 5.69 Å². The second kappa shape index (κ2) is 8.96. The van der Waals surface area contributed by atoms with Gasteiger partial charge in [-0.3, -0.25) is 0 Å². The summed E-state index contributed by atoms with van der Waals surface area (Å²) >= 11 is 0. The van der Waals surface area contributed by atoms with Gasteiger partial charge in [0.1, 0.15) is 0 Å². The molecule has 4 rings (SSSR count). The van der Waals surface area contributed by atoms with Gasteiger partial charge in [-0.1, -0.05) is 45.2 Å². The SMILES string of the molecule is COc1ccc(NC2(c3nnnn3-c3ccc(C(C)C)cc3)CCCCC2)cc1OC. The van der Waals surface area contributed by atoms with Gasteiger partial charge in [-0.2, -0.15) is 4.68 Å². The number of aromatic nitrogens is 4. The van der Waals surface area contributed by atoms with Crippen LogP contribution in [0, 0.1) is 0 Å². The van der Waals surface area contributed by atoms with E-state index in [1.54, 1.807) is 14.2 Å². The van der Waals surface area contributed by atoms with Gasteiger partial charge >= 0.3 is 0 Å². The average Bonchev–Trinajstić information content (AvgIpc) is 3.30. The number of methoxy groups -OCH3 is 2. The van der Waals surface area contributed by atoms with Crippen molar-refractivity contribution in [2.45, 2.75) is 57.4 Å². The number of benzene rings is 2. The number of rotatable bonds is 7. The fourth-order valence-electron chi connectivity index (χ4n) is 4.41. The average molecular weight is 422 g/mol. The first-order chi connectivity index (χ1) is 15.1. The second-order valence-electron chi connectivity index (χ2n) is 8.50. The Bertz CT molecular complexity index is 1010. The van der Waals surface area contributed by atoms with E-state index in [4.69, 9.17) is 9.47 Å². The van der Waals surface area contributed by atoms with E-state index in [0.29, 0.717) is 17.4 Å². The van der Waals surface area contributed by atoms with Crippen molar-refractivity contribution in [3.8, 4) is 17.2 Å². The minimum Gasteiger partial charge on any atom is -0.493 e. The van der Waals surface area contributed by atoms with Crippen LogP contribution in [0.5, 0.6) is 11.5 Å². The van der Waals surface area contributed by atoms with E-state index >= 15 is 0 Å². The van der Waals surface area contributed by atoms with E-state index in [9.17, 15) is 0 Å². The highest BCUT2D eigenvalue weighted by Crippen LogP contribution is 2.41. The molecule has 164 valence electrons. The molecule has 7 nitrogen and oxygen atoms in total. The predicted molar refractivity (Wildman–Crippen MR) is 121 cm³/mol. The number of tetrazole rings is 1. The van der Waals surface area contributed by atoms with Crippen molar-refractivity contribution in [2.24, 2.45) is 0 Å². The molecule has 31 heavy (non-hydrogen) atoms. The Labute approximate surface area is 183 Å². The summed E-state index contributed by atoms with van der Waals surface area (Å²) in [6.07, 6.45) is 5.40. The molecular formula is C24H31N5O2. The molecule has 1 N–H and O–H groups in total. The molecule has 0 bridgehead atoms. The van der Waals surface area contributed by atoms with E-state index in [-0.39, 0.29) is 5.54 Å². The predicted octanol–water partition coefficient (Wildman–Crippen LogP) is 5.07. The van der Waals surface area contributed by atoms with Crippen molar-refractivity contribution in [3.05, 3.63) is 53.9 Å². The quantitative estimate of drug-likeness (QED) is 0.574. The minimum atomic E-state index is -0.349. The first-order valence-corrected chi connectivity index (χ1v) is 11.0. The van der Waals surface area contributed by atoms with Gasteiger partial charge in [0.15, 0.2) is 17.3 Å². The van der Waals surface area contributed by atoms with Crippen LogP contribution in [0.3, 0.4) is 0 Å². The summed E-state index contributed by atoms with van der Waals surface area (Å²) in [7, 11) is 3.30. The normalized spacial score (nSPS) is 15.6. The molecular weight excluding hydrogens is 390 g/mol. The lowest BCUT2D eigenvalue weighted by Crippen LogP contribution is -2.40. The molecule has 1 aliphatic carbocycles. The Kier molecular flexibility index (Phi) is 6.11. The monoisotopic (exact) mass is 421 g/mol. The number of ether oxygens (including phenoxy) is 2. The molecule has 0 atom stereocenters. The third kappa shape index (κ3) is 4.22. The third-order valence-electron chi connectivity index (χ3n) is 6.18. The molecule has 7 heteroatoms. The first-order valence-electron chi connectivity index (χ1n) is 11.0. The first kappa shape index (κ1) is 21.2. The third-order valence-corrected chi connectivity index (χ3v) is 6.18. The van der Waals surface area contributed by atoms with Crippen LogP contribution in [-0.4, -0.2) is 34.4 Å². The van der Waals surface area contributed by atoms with Gasteiger partial charge in [0.2, 0.25) is 0 Å². The van der Waals surface area contributed by atoms with Crippen molar-refractivity contribution in [1.29, 1.82) is 0 Å². The van der Waals surface area contributed by atoms with Gasteiger partial charge in [-0.25, -0.2) is 0 Å². The Hall–Kier alpha value is -3.09. The number of nitrogens with one attached hydrogen (secondary N) is 1. The maximum atomic E-state index is 5.50. The van der Waals surface area contributed by atoms with Gasteiger partial charge in [0, 0.05) is 11.8 Å². The highest BCUT2D eigenvalue weighted by Gasteiger charge is 2.39. The zero-order chi connectivity index (χ0) is 21.8. The van der Waals surface area contributed by atoms with E-state index < -0.39 is 0 Å². The van der Waals surface area contributed by atoms with Crippen LogP contribution < -0.4 is 14.8 Å². The molecule has 0 unspecified atom stereocenters. The summed E-state index contributed by atoms with van der Waals surface area (Å²) in [5.41, 5.74) is 2.89. The fourth-order valence-corrected chi connectivity index (χ4v) is 4.41. The molecule has 1 aliphatic rings. The smallest absolute Gasteiger partial charge is 0.181 e. The molecule has 0 aliphatic heterocycles. The van der Waals surface area contributed by atoms with Gasteiger partial charge < -0.3 is 14.8 Å². The van der Waals surface area contributed by atoms with Crippen LogP contribution in [0.2, 0.25) is 0 Å². The fraction of sp³-hybridized carbons (Fsp3) is 0.458. The maximum absolute atomic E-state index is 5.50. The molecule has 0 saturated heterocycles. The van der Waals surface area contributed by atoms with Gasteiger partial charge in [-0.15, -0.1) is 5.10 Å². The second-order valence-corrected chi connectivity index (χ2v) is 8.50. The van der Waals surface area contributed by atoms with E-state index in [1.807, 2.05) is 22.9 Å². The number of hydrogen-bond acceptors (Lipinski definition) is 6. The topological polar surface area (TPSA) is 74.1 Å². The Balaban J connectivity index is 1.72. The lowest BCUT2D eigenvalue weighted by molar-refractivity contribution is 0.309. The maximum Gasteiger partial charge on any atom is 0.181 e. The van der Waals surface area contributed by atoms with Gasteiger partial charge in [-0.05, 0) is 59.0 Å². The standard InChI is InChI=1S/C24H31N5O2/c1-17(2)18-8-11-20(12-9-18)29-23(26-27-28-29)24(14-6-5-7-15-24)25-19-10-13-21(30-3)22(16-19)31-4/h8-13,16-17,25H,5-7,14-15H2,1-4H3. The largest absolute Gasteiger partial charge is 0.493 e.